The number of hydrogen-bond donors (Lipinski definition) is 2. The van der Waals surface area contributed by atoms with Gasteiger partial charge in [-0.3, -0.25) is 19.8 Å². The second-order valence-corrected chi connectivity index (χ2v) is 7.79. The van der Waals surface area contributed by atoms with Gasteiger partial charge in [0.05, 0.1) is 18.7 Å². The van der Waals surface area contributed by atoms with Crippen LogP contribution in [0, 0.1) is 0 Å². The maximum Gasteiger partial charge on any atom is 0.387 e. The lowest BCUT2D eigenvalue weighted by atomic mass is 10.1. The monoisotopic (exact) mass is 452 g/mol. The van der Waals surface area contributed by atoms with Crippen LogP contribution in [0.25, 0.3) is 0 Å². The Kier molecular flexibility index (Phi) is 7.90. The second kappa shape index (κ2) is 10.8. The number of nitrogens with zero attached hydrogens (tertiary/aromatic N) is 2. The van der Waals surface area contributed by atoms with Crippen LogP contribution in [0.4, 0.5) is 13.6 Å². The first kappa shape index (κ1) is 22.6. The number of piperazine rings is 1. The molecule has 2 aromatic rings. The number of hydrogen-bond acceptors (Lipinski definition) is 6. The summed E-state index contributed by atoms with van der Waals surface area (Å²) in [4.78, 5) is 40.9. The first-order valence-electron chi connectivity index (χ1n) is 9.58. The molecule has 0 atom stereocenters. The van der Waals surface area contributed by atoms with E-state index in [4.69, 9.17) is 0 Å². The van der Waals surface area contributed by atoms with Gasteiger partial charge in [0.25, 0.3) is 5.91 Å². The molecule has 1 saturated heterocycles. The highest BCUT2D eigenvalue weighted by Gasteiger charge is 2.26. The molecule has 2 heterocycles. The van der Waals surface area contributed by atoms with Crippen LogP contribution in [0.5, 0.6) is 5.75 Å². The van der Waals surface area contributed by atoms with Gasteiger partial charge < -0.3 is 15.0 Å². The summed E-state index contributed by atoms with van der Waals surface area (Å²) in [5, 5.41) is 6.79. The van der Waals surface area contributed by atoms with Crippen LogP contribution in [0.2, 0.25) is 0 Å². The molecule has 1 aliphatic heterocycles. The van der Waals surface area contributed by atoms with E-state index in [1.807, 2.05) is 22.4 Å². The first-order valence-corrected chi connectivity index (χ1v) is 10.5. The van der Waals surface area contributed by atoms with Crippen LogP contribution in [0.1, 0.15) is 15.2 Å². The van der Waals surface area contributed by atoms with Crippen molar-refractivity contribution in [2.75, 3.05) is 32.7 Å². The zero-order chi connectivity index (χ0) is 22.2. The van der Waals surface area contributed by atoms with Gasteiger partial charge >= 0.3 is 12.6 Å². The fourth-order valence-electron chi connectivity index (χ4n) is 3.12. The maximum absolute atomic E-state index is 12.7. The molecule has 0 unspecified atom stereocenters. The number of amides is 4. The smallest absolute Gasteiger partial charge is 0.387 e. The predicted octanol–water partition coefficient (Wildman–Crippen LogP) is 2.13. The summed E-state index contributed by atoms with van der Waals surface area (Å²) < 4.78 is 29.6. The van der Waals surface area contributed by atoms with E-state index in [2.05, 4.69) is 15.4 Å². The number of carbonyl (C=O) groups excluding carboxylic acids is 3. The molecule has 1 aromatic heterocycles. The average molecular weight is 452 g/mol. The van der Waals surface area contributed by atoms with Crippen molar-refractivity contribution in [1.29, 1.82) is 0 Å². The fraction of sp³-hybridized carbons (Fsp3) is 0.350. The highest BCUT2D eigenvalue weighted by molar-refractivity contribution is 7.09. The molecule has 0 aliphatic carbocycles. The lowest BCUT2D eigenvalue weighted by molar-refractivity contribution is -0.121. The number of thiophene rings is 1. The van der Waals surface area contributed by atoms with E-state index in [0.29, 0.717) is 32.7 Å². The van der Waals surface area contributed by atoms with Crippen molar-refractivity contribution < 1.29 is 27.9 Å². The molecule has 1 aromatic carbocycles. The minimum atomic E-state index is -3.02. The Morgan fingerprint density at radius 2 is 1.81 bits per heavy atom. The molecule has 0 saturated carbocycles. The Labute approximate surface area is 181 Å². The molecule has 0 bridgehead atoms. The maximum atomic E-state index is 12.7. The Morgan fingerprint density at radius 1 is 1.06 bits per heavy atom. The number of ether oxygens (including phenoxy) is 1. The van der Waals surface area contributed by atoms with Crippen molar-refractivity contribution in [1.82, 2.24) is 20.4 Å². The number of benzene rings is 1. The number of carbonyl (C=O) groups is 3. The van der Waals surface area contributed by atoms with E-state index in [0.717, 1.165) is 4.88 Å². The van der Waals surface area contributed by atoms with Gasteiger partial charge in [-0.2, -0.15) is 8.78 Å². The van der Waals surface area contributed by atoms with Crippen molar-refractivity contribution in [3.63, 3.8) is 0 Å². The molecule has 31 heavy (non-hydrogen) atoms. The SMILES string of the molecule is O=C(CN1CCN(C(=O)c2ccccc2OC(F)F)CC1)NC(=O)NCc1cccs1. The molecule has 0 spiro atoms. The van der Waals surface area contributed by atoms with Gasteiger partial charge in [-0.1, -0.05) is 18.2 Å². The van der Waals surface area contributed by atoms with E-state index in [1.54, 1.807) is 6.07 Å². The molecule has 2 N–H and O–H groups in total. The summed E-state index contributed by atoms with van der Waals surface area (Å²) in [6, 6.07) is 9.04. The number of rotatable bonds is 7. The van der Waals surface area contributed by atoms with Crippen LogP contribution < -0.4 is 15.4 Å². The van der Waals surface area contributed by atoms with E-state index in [1.165, 1.54) is 34.4 Å². The van der Waals surface area contributed by atoms with Crippen molar-refractivity contribution in [3.8, 4) is 5.75 Å². The first-order chi connectivity index (χ1) is 14.9. The summed E-state index contributed by atoms with van der Waals surface area (Å²) >= 11 is 1.50. The largest absolute Gasteiger partial charge is 0.434 e. The van der Waals surface area contributed by atoms with Gasteiger partial charge in [0.2, 0.25) is 5.91 Å². The molecule has 1 fully saturated rings. The third kappa shape index (κ3) is 6.72. The van der Waals surface area contributed by atoms with Gasteiger partial charge in [0, 0.05) is 31.1 Å². The Hall–Kier alpha value is -3.05. The molecule has 3 rings (SSSR count). The Balaban J connectivity index is 1.43. The molecular formula is C20H22F2N4O4S. The summed E-state index contributed by atoms with van der Waals surface area (Å²) in [5.74, 6) is -1.02. The third-order valence-corrected chi connectivity index (χ3v) is 5.49. The van der Waals surface area contributed by atoms with Crippen LogP contribution in [-0.2, 0) is 11.3 Å². The minimum absolute atomic E-state index is 0.0134. The standard InChI is InChI=1S/C20H22F2N4O4S/c21-19(22)30-16-6-2-1-5-15(16)18(28)26-9-7-25(8-10-26)13-17(27)24-20(29)23-12-14-4-3-11-31-14/h1-6,11,19H,7-10,12-13H2,(H2,23,24,27,29). The van der Waals surface area contributed by atoms with Gasteiger partial charge in [-0.15, -0.1) is 11.3 Å². The van der Waals surface area contributed by atoms with Crippen molar-refractivity contribution in [2.24, 2.45) is 0 Å². The molecule has 11 heteroatoms. The van der Waals surface area contributed by atoms with Crippen molar-refractivity contribution in [2.45, 2.75) is 13.2 Å². The van der Waals surface area contributed by atoms with Gasteiger partial charge in [-0.05, 0) is 23.6 Å². The van der Waals surface area contributed by atoms with Crippen LogP contribution >= 0.6 is 11.3 Å². The topological polar surface area (TPSA) is 91.0 Å². The predicted molar refractivity (Wildman–Crippen MR) is 110 cm³/mol. The fourth-order valence-corrected chi connectivity index (χ4v) is 3.76. The molecule has 4 amide bonds. The zero-order valence-electron chi connectivity index (χ0n) is 16.6. The molecular weight excluding hydrogens is 430 g/mol. The van der Waals surface area contributed by atoms with E-state index < -0.39 is 24.5 Å². The summed E-state index contributed by atoms with van der Waals surface area (Å²) in [6.07, 6.45) is 0. The highest BCUT2D eigenvalue weighted by Crippen LogP contribution is 2.22. The van der Waals surface area contributed by atoms with Gasteiger partial charge in [0.1, 0.15) is 5.75 Å². The van der Waals surface area contributed by atoms with Crippen LogP contribution in [-0.4, -0.2) is 67.0 Å². The number of nitrogens with one attached hydrogen (secondary N) is 2. The lowest BCUT2D eigenvalue weighted by Crippen LogP contribution is -2.52. The summed E-state index contributed by atoms with van der Waals surface area (Å²) in [5.41, 5.74) is 0.0661. The van der Waals surface area contributed by atoms with E-state index in [-0.39, 0.29) is 17.9 Å². The third-order valence-electron chi connectivity index (χ3n) is 4.62. The number of urea groups is 1. The van der Waals surface area contributed by atoms with E-state index in [9.17, 15) is 23.2 Å². The summed E-state index contributed by atoms with van der Waals surface area (Å²) in [7, 11) is 0. The van der Waals surface area contributed by atoms with Gasteiger partial charge in [-0.25, -0.2) is 4.79 Å². The number of alkyl halides is 2. The number of halogens is 2. The summed E-state index contributed by atoms with van der Waals surface area (Å²) in [6.45, 7) is -1.21. The minimum Gasteiger partial charge on any atom is -0.434 e. The Bertz CT molecular complexity index is 902. The lowest BCUT2D eigenvalue weighted by Gasteiger charge is -2.34. The van der Waals surface area contributed by atoms with Crippen molar-refractivity contribution >= 4 is 29.2 Å². The van der Waals surface area contributed by atoms with Crippen LogP contribution in [0.3, 0.4) is 0 Å². The molecule has 166 valence electrons. The van der Waals surface area contributed by atoms with Crippen molar-refractivity contribution in [3.05, 3.63) is 52.2 Å². The van der Waals surface area contributed by atoms with E-state index >= 15 is 0 Å². The number of para-hydroxylation sites is 1. The quantitative estimate of drug-likeness (QED) is 0.672. The normalized spacial score (nSPS) is 14.4. The highest BCUT2D eigenvalue weighted by atomic mass is 32.1. The number of imide groups is 1. The van der Waals surface area contributed by atoms with Crippen LogP contribution in [0.15, 0.2) is 41.8 Å². The Morgan fingerprint density at radius 3 is 2.48 bits per heavy atom. The molecule has 1 aliphatic rings. The molecule has 0 radical (unpaired) electrons. The second-order valence-electron chi connectivity index (χ2n) is 6.75. The molecule has 8 nitrogen and oxygen atoms in total. The zero-order valence-corrected chi connectivity index (χ0v) is 17.4. The average Bonchev–Trinajstić information content (AvgIpc) is 3.26. The van der Waals surface area contributed by atoms with Gasteiger partial charge in [0.15, 0.2) is 0 Å².